The minimum absolute atomic E-state index is 0.0196. The number of carboxylic acids is 1. The number of aromatic carboxylic acids is 1. The summed E-state index contributed by atoms with van der Waals surface area (Å²) in [5.41, 5.74) is 0.538. The summed E-state index contributed by atoms with van der Waals surface area (Å²) in [6.07, 6.45) is 5.47. The summed E-state index contributed by atoms with van der Waals surface area (Å²) in [5.74, 6) is -1.17. The molecule has 6 nitrogen and oxygen atoms in total. The van der Waals surface area contributed by atoms with Crippen molar-refractivity contribution in [3.8, 4) is 0 Å². The van der Waals surface area contributed by atoms with Gasteiger partial charge in [0.2, 0.25) is 0 Å². The summed E-state index contributed by atoms with van der Waals surface area (Å²) in [6.45, 7) is 2.21. The van der Waals surface area contributed by atoms with E-state index in [2.05, 4.69) is 4.98 Å². The summed E-state index contributed by atoms with van der Waals surface area (Å²) in [6, 6.07) is 4.15. The van der Waals surface area contributed by atoms with Gasteiger partial charge in [-0.15, -0.1) is 0 Å². The monoisotopic (exact) mass is 308 g/mol. The van der Waals surface area contributed by atoms with E-state index in [9.17, 15) is 13.2 Å². The SMILES string of the molecule is Cc1ccc(C(=O)O)cc1S(=O)(=O)CCCn1ccnc1. The van der Waals surface area contributed by atoms with Crippen molar-refractivity contribution >= 4 is 15.8 Å². The first-order valence-corrected chi connectivity index (χ1v) is 8.08. The molecule has 0 aliphatic heterocycles. The molecule has 0 atom stereocenters. The molecular weight excluding hydrogens is 292 g/mol. The number of sulfone groups is 1. The highest BCUT2D eigenvalue weighted by Crippen LogP contribution is 2.19. The van der Waals surface area contributed by atoms with E-state index in [4.69, 9.17) is 5.11 Å². The van der Waals surface area contributed by atoms with Gasteiger partial charge in [0.25, 0.3) is 0 Å². The molecule has 1 aromatic carbocycles. The number of aromatic nitrogens is 2. The Bertz CT molecular complexity index is 736. The van der Waals surface area contributed by atoms with Gasteiger partial charge >= 0.3 is 5.97 Å². The van der Waals surface area contributed by atoms with Crippen LogP contribution in [-0.2, 0) is 16.4 Å². The molecule has 1 aromatic heterocycles. The average molecular weight is 308 g/mol. The maximum Gasteiger partial charge on any atom is 0.335 e. The zero-order valence-corrected chi connectivity index (χ0v) is 12.4. The van der Waals surface area contributed by atoms with E-state index in [1.165, 1.54) is 18.2 Å². The van der Waals surface area contributed by atoms with E-state index in [0.29, 0.717) is 18.5 Å². The minimum Gasteiger partial charge on any atom is -0.478 e. The lowest BCUT2D eigenvalue weighted by Crippen LogP contribution is -2.12. The lowest BCUT2D eigenvalue weighted by molar-refractivity contribution is 0.0696. The normalized spacial score (nSPS) is 11.5. The first-order valence-electron chi connectivity index (χ1n) is 6.42. The Morgan fingerprint density at radius 1 is 1.38 bits per heavy atom. The first-order chi connectivity index (χ1) is 9.90. The van der Waals surface area contributed by atoms with Crippen LogP contribution in [0.15, 0.2) is 41.8 Å². The van der Waals surface area contributed by atoms with Gasteiger partial charge in [-0.1, -0.05) is 6.07 Å². The molecule has 0 fully saturated rings. The summed E-state index contributed by atoms with van der Waals surface area (Å²) in [5, 5.41) is 8.96. The van der Waals surface area contributed by atoms with Crippen molar-refractivity contribution in [3.05, 3.63) is 48.0 Å². The number of hydrogen-bond acceptors (Lipinski definition) is 4. The van der Waals surface area contributed by atoms with Crippen LogP contribution >= 0.6 is 0 Å². The van der Waals surface area contributed by atoms with Crippen LogP contribution in [0.25, 0.3) is 0 Å². The fourth-order valence-electron chi connectivity index (χ4n) is 2.03. The van der Waals surface area contributed by atoms with Gasteiger partial charge in [0, 0.05) is 18.9 Å². The predicted molar refractivity (Wildman–Crippen MR) is 77.0 cm³/mol. The molecule has 1 heterocycles. The number of benzene rings is 1. The van der Waals surface area contributed by atoms with Crippen molar-refractivity contribution in [2.75, 3.05) is 5.75 Å². The second-order valence-corrected chi connectivity index (χ2v) is 6.84. The Kier molecular flexibility index (Phi) is 4.42. The van der Waals surface area contributed by atoms with Crippen LogP contribution in [0.3, 0.4) is 0 Å². The number of rotatable bonds is 6. The van der Waals surface area contributed by atoms with Gasteiger partial charge in [0.15, 0.2) is 9.84 Å². The molecule has 0 unspecified atom stereocenters. The van der Waals surface area contributed by atoms with E-state index in [1.807, 2.05) is 0 Å². The summed E-state index contributed by atoms with van der Waals surface area (Å²) in [4.78, 5) is 14.9. The standard InChI is InChI=1S/C14H16N2O4S/c1-11-3-4-12(14(17)18)9-13(11)21(19,20)8-2-6-16-7-5-15-10-16/h3-5,7,9-10H,2,6,8H2,1H3,(H,17,18). The van der Waals surface area contributed by atoms with Gasteiger partial charge in [0.1, 0.15) is 0 Å². The molecule has 0 spiro atoms. The molecule has 0 bridgehead atoms. The second kappa shape index (κ2) is 6.09. The van der Waals surface area contributed by atoms with Gasteiger partial charge in [-0.25, -0.2) is 18.2 Å². The third-order valence-corrected chi connectivity index (χ3v) is 5.09. The molecule has 2 rings (SSSR count). The first kappa shape index (κ1) is 15.2. The number of carboxylic acid groups (broad SMARTS) is 1. The smallest absolute Gasteiger partial charge is 0.335 e. The van der Waals surface area contributed by atoms with Crippen molar-refractivity contribution in [1.82, 2.24) is 9.55 Å². The zero-order valence-electron chi connectivity index (χ0n) is 11.6. The summed E-state index contributed by atoms with van der Waals surface area (Å²) in [7, 11) is -3.50. The summed E-state index contributed by atoms with van der Waals surface area (Å²) < 4.78 is 26.5. The van der Waals surface area contributed by atoms with Crippen molar-refractivity contribution in [1.29, 1.82) is 0 Å². The zero-order chi connectivity index (χ0) is 15.5. The fourth-order valence-corrected chi connectivity index (χ4v) is 3.63. The minimum atomic E-state index is -3.50. The van der Waals surface area contributed by atoms with Crippen molar-refractivity contribution in [2.24, 2.45) is 0 Å². The summed E-state index contributed by atoms with van der Waals surface area (Å²) >= 11 is 0. The molecule has 2 aromatic rings. The van der Waals surface area contributed by atoms with Crippen LogP contribution in [0, 0.1) is 6.92 Å². The number of aryl methyl sites for hydroxylation is 2. The Labute approximate surface area is 123 Å². The number of hydrogen-bond donors (Lipinski definition) is 1. The van der Waals surface area contributed by atoms with Crippen molar-refractivity contribution in [2.45, 2.75) is 24.8 Å². The van der Waals surface area contributed by atoms with Crippen LogP contribution in [0.4, 0.5) is 0 Å². The Balaban J connectivity index is 2.15. The Morgan fingerprint density at radius 3 is 2.76 bits per heavy atom. The lowest BCUT2D eigenvalue weighted by Gasteiger charge is -2.09. The average Bonchev–Trinajstić information content (AvgIpc) is 2.91. The molecule has 21 heavy (non-hydrogen) atoms. The highest BCUT2D eigenvalue weighted by molar-refractivity contribution is 7.91. The van der Waals surface area contributed by atoms with E-state index in [-0.39, 0.29) is 16.2 Å². The molecule has 0 saturated heterocycles. The van der Waals surface area contributed by atoms with E-state index in [0.717, 1.165) is 0 Å². The van der Waals surface area contributed by atoms with E-state index >= 15 is 0 Å². The number of carbonyl (C=O) groups is 1. The van der Waals surface area contributed by atoms with Gasteiger partial charge in [-0.2, -0.15) is 0 Å². The fraction of sp³-hybridized carbons (Fsp3) is 0.286. The molecule has 0 saturated carbocycles. The van der Waals surface area contributed by atoms with E-state index in [1.54, 1.807) is 30.2 Å². The Hall–Kier alpha value is -2.15. The highest BCUT2D eigenvalue weighted by Gasteiger charge is 2.18. The third-order valence-electron chi connectivity index (χ3n) is 3.16. The van der Waals surface area contributed by atoms with E-state index < -0.39 is 15.8 Å². The van der Waals surface area contributed by atoms with Gasteiger partial charge < -0.3 is 9.67 Å². The topological polar surface area (TPSA) is 89.3 Å². The second-order valence-electron chi connectivity index (χ2n) is 4.76. The molecule has 0 radical (unpaired) electrons. The van der Waals surface area contributed by atoms with Crippen molar-refractivity contribution in [3.63, 3.8) is 0 Å². The van der Waals surface area contributed by atoms with Crippen LogP contribution in [0.2, 0.25) is 0 Å². The quantitative estimate of drug-likeness (QED) is 0.878. The largest absolute Gasteiger partial charge is 0.478 e. The molecule has 1 N–H and O–H groups in total. The van der Waals surface area contributed by atoms with Crippen molar-refractivity contribution < 1.29 is 18.3 Å². The maximum absolute atomic E-state index is 12.3. The van der Waals surface area contributed by atoms with Crippen LogP contribution in [-0.4, -0.2) is 34.8 Å². The molecule has 0 aliphatic carbocycles. The van der Waals surface area contributed by atoms with Gasteiger partial charge in [-0.3, -0.25) is 0 Å². The molecule has 112 valence electrons. The van der Waals surface area contributed by atoms with Gasteiger partial charge in [-0.05, 0) is 31.0 Å². The number of imidazole rings is 1. The number of nitrogens with zero attached hydrogens (tertiary/aromatic N) is 2. The molecule has 0 aliphatic rings. The van der Waals surface area contributed by atoms with Crippen LogP contribution < -0.4 is 0 Å². The Morgan fingerprint density at radius 2 is 2.14 bits per heavy atom. The third kappa shape index (κ3) is 3.69. The van der Waals surface area contributed by atoms with Gasteiger partial charge in [0.05, 0.1) is 22.5 Å². The molecule has 7 heteroatoms. The highest BCUT2D eigenvalue weighted by atomic mass is 32.2. The predicted octanol–water partition coefficient (Wildman–Crippen LogP) is 1.75. The maximum atomic E-state index is 12.3. The molecular formula is C14H16N2O4S. The van der Waals surface area contributed by atoms with Crippen LogP contribution in [0.1, 0.15) is 22.3 Å². The lowest BCUT2D eigenvalue weighted by atomic mass is 10.1. The molecule has 0 amide bonds. The van der Waals surface area contributed by atoms with Crippen LogP contribution in [0.5, 0.6) is 0 Å².